The predicted octanol–water partition coefficient (Wildman–Crippen LogP) is 1.56. The summed E-state index contributed by atoms with van der Waals surface area (Å²) in [4.78, 5) is 14.2. The predicted molar refractivity (Wildman–Crippen MR) is 73.8 cm³/mol. The molecular formula is C13H25ClN2O2. The maximum absolute atomic E-state index is 12.3. The van der Waals surface area contributed by atoms with Crippen LogP contribution >= 0.6 is 12.4 Å². The van der Waals surface area contributed by atoms with Crippen LogP contribution in [0, 0.1) is 5.92 Å². The Morgan fingerprint density at radius 3 is 2.72 bits per heavy atom. The summed E-state index contributed by atoms with van der Waals surface area (Å²) in [7, 11) is 0. The number of hydrogen-bond acceptors (Lipinski definition) is 3. The second-order valence-electron chi connectivity index (χ2n) is 5.60. The molecule has 2 unspecified atom stereocenters. The third-order valence-corrected chi connectivity index (χ3v) is 4.08. The molecule has 0 aromatic carbocycles. The van der Waals surface area contributed by atoms with Crippen molar-refractivity contribution in [2.24, 2.45) is 11.7 Å². The fraction of sp³-hybridized carbons (Fsp3) is 0.923. The number of hydrogen-bond donors (Lipinski definition) is 1. The van der Waals surface area contributed by atoms with E-state index in [1.807, 2.05) is 11.8 Å². The van der Waals surface area contributed by atoms with Crippen LogP contribution in [0.5, 0.6) is 0 Å². The van der Waals surface area contributed by atoms with E-state index in [1.165, 1.54) is 6.42 Å². The summed E-state index contributed by atoms with van der Waals surface area (Å²) < 4.78 is 5.54. The van der Waals surface area contributed by atoms with E-state index in [-0.39, 0.29) is 36.5 Å². The molecule has 1 heterocycles. The summed E-state index contributed by atoms with van der Waals surface area (Å²) in [6, 6.07) is 0.434. The van der Waals surface area contributed by atoms with Gasteiger partial charge in [0.25, 0.3) is 0 Å². The highest BCUT2D eigenvalue weighted by molar-refractivity contribution is 5.85. The molecule has 106 valence electrons. The van der Waals surface area contributed by atoms with Gasteiger partial charge in [0.2, 0.25) is 5.91 Å². The number of halogens is 1. The van der Waals surface area contributed by atoms with Gasteiger partial charge in [-0.3, -0.25) is 4.79 Å². The van der Waals surface area contributed by atoms with Gasteiger partial charge in [-0.05, 0) is 32.6 Å². The molecule has 0 aromatic heterocycles. The number of amides is 1. The van der Waals surface area contributed by atoms with Gasteiger partial charge in [0.05, 0.1) is 18.8 Å². The number of ether oxygens (including phenoxy) is 1. The fourth-order valence-electron chi connectivity index (χ4n) is 2.91. The lowest BCUT2D eigenvalue weighted by Crippen LogP contribution is -2.50. The van der Waals surface area contributed by atoms with Gasteiger partial charge in [0.1, 0.15) is 0 Å². The number of nitrogens with zero attached hydrogens (tertiary/aromatic N) is 1. The summed E-state index contributed by atoms with van der Waals surface area (Å²) in [6.07, 6.45) is 4.15. The molecule has 1 saturated heterocycles. The van der Waals surface area contributed by atoms with Crippen LogP contribution in [0.3, 0.4) is 0 Å². The minimum Gasteiger partial charge on any atom is -0.375 e. The molecule has 1 amide bonds. The molecule has 5 heteroatoms. The largest absolute Gasteiger partial charge is 0.375 e. The fourth-order valence-corrected chi connectivity index (χ4v) is 2.91. The molecular weight excluding hydrogens is 252 g/mol. The molecule has 4 atom stereocenters. The number of rotatable bonds is 2. The van der Waals surface area contributed by atoms with E-state index in [9.17, 15) is 4.79 Å². The molecule has 2 N–H and O–H groups in total. The summed E-state index contributed by atoms with van der Waals surface area (Å²) in [6.45, 7) is 5.46. The van der Waals surface area contributed by atoms with Crippen molar-refractivity contribution in [2.45, 2.75) is 57.7 Å². The quantitative estimate of drug-likeness (QED) is 0.833. The van der Waals surface area contributed by atoms with Crippen LogP contribution in [0.4, 0.5) is 0 Å². The number of carbonyl (C=O) groups excluding carboxylic acids is 1. The molecule has 2 aliphatic rings. The zero-order valence-electron chi connectivity index (χ0n) is 11.3. The zero-order valence-corrected chi connectivity index (χ0v) is 12.1. The highest BCUT2D eigenvalue weighted by atomic mass is 35.5. The molecule has 0 radical (unpaired) electrons. The van der Waals surface area contributed by atoms with Crippen molar-refractivity contribution in [1.82, 2.24) is 4.90 Å². The molecule has 0 bridgehead atoms. The Morgan fingerprint density at radius 2 is 2.11 bits per heavy atom. The first-order valence-electron chi connectivity index (χ1n) is 6.74. The molecule has 2 fully saturated rings. The van der Waals surface area contributed by atoms with Gasteiger partial charge in [-0.2, -0.15) is 0 Å². The lowest BCUT2D eigenvalue weighted by molar-refractivity contribution is -0.144. The molecule has 0 aromatic rings. The number of carbonyl (C=O) groups is 1. The first-order chi connectivity index (χ1) is 8.08. The summed E-state index contributed by atoms with van der Waals surface area (Å²) in [5, 5.41) is 0. The topological polar surface area (TPSA) is 55.6 Å². The van der Waals surface area contributed by atoms with E-state index >= 15 is 0 Å². The Kier molecular flexibility index (Phi) is 5.89. The minimum atomic E-state index is 0. The normalized spacial score (nSPS) is 36.3. The lowest BCUT2D eigenvalue weighted by Gasteiger charge is -2.37. The second-order valence-corrected chi connectivity index (χ2v) is 5.60. The van der Waals surface area contributed by atoms with Crippen LogP contribution in [-0.2, 0) is 9.53 Å². The van der Waals surface area contributed by atoms with Crippen molar-refractivity contribution < 1.29 is 9.53 Å². The van der Waals surface area contributed by atoms with Crippen LogP contribution in [0.2, 0.25) is 0 Å². The first-order valence-corrected chi connectivity index (χ1v) is 6.74. The van der Waals surface area contributed by atoms with E-state index in [0.717, 1.165) is 19.4 Å². The molecule has 4 nitrogen and oxygen atoms in total. The van der Waals surface area contributed by atoms with E-state index in [1.54, 1.807) is 0 Å². The van der Waals surface area contributed by atoms with Crippen LogP contribution in [0.1, 0.15) is 39.5 Å². The minimum absolute atomic E-state index is 0. The average molecular weight is 277 g/mol. The van der Waals surface area contributed by atoms with Crippen molar-refractivity contribution in [3.8, 4) is 0 Å². The van der Waals surface area contributed by atoms with Crippen LogP contribution in [-0.4, -0.2) is 42.1 Å². The molecule has 1 aliphatic heterocycles. The Morgan fingerprint density at radius 1 is 1.39 bits per heavy atom. The third kappa shape index (κ3) is 3.59. The van der Waals surface area contributed by atoms with Gasteiger partial charge in [-0.1, -0.05) is 6.42 Å². The second kappa shape index (κ2) is 6.73. The molecule has 1 aliphatic carbocycles. The third-order valence-electron chi connectivity index (χ3n) is 4.08. The Bertz CT molecular complexity index is 288. The van der Waals surface area contributed by atoms with Crippen LogP contribution < -0.4 is 5.73 Å². The maximum Gasteiger partial charge on any atom is 0.223 e. The summed E-state index contributed by atoms with van der Waals surface area (Å²) in [5.74, 6) is 0.655. The Labute approximate surface area is 116 Å². The van der Waals surface area contributed by atoms with Crippen molar-refractivity contribution >= 4 is 18.3 Å². The SMILES string of the molecule is CC1CN(C(=O)C[C@@H]2CCC[C@H]2N)C(C)CO1.Cl. The van der Waals surface area contributed by atoms with Crippen LogP contribution in [0.15, 0.2) is 0 Å². The van der Waals surface area contributed by atoms with E-state index in [4.69, 9.17) is 10.5 Å². The van der Waals surface area contributed by atoms with Gasteiger partial charge in [-0.25, -0.2) is 0 Å². The highest BCUT2D eigenvalue weighted by Crippen LogP contribution is 2.28. The van der Waals surface area contributed by atoms with E-state index in [2.05, 4.69) is 6.92 Å². The first kappa shape index (κ1) is 15.7. The average Bonchev–Trinajstić information content (AvgIpc) is 2.68. The standard InChI is InChI=1S/C13H24N2O2.ClH/c1-9-8-17-10(2)7-15(9)13(16)6-11-4-3-5-12(11)14;/h9-12H,3-8,14H2,1-2H3;1H/t9?,10?,11-,12+;/m0./s1. The van der Waals surface area contributed by atoms with E-state index < -0.39 is 0 Å². The highest BCUT2D eigenvalue weighted by Gasteiger charge is 2.32. The van der Waals surface area contributed by atoms with Crippen molar-refractivity contribution in [2.75, 3.05) is 13.2 Å². The van der Waals surface area contributed by atoms with Gasteiger partial charge in [0, 0.05) is 19.0 Å². The van der Waals surface area contributed by atoms with Crippen LogP contribution in [0.25, 0.3) is 0 Å². The molecule has 2 rings (SSSR count). The van der Waals surface area contributed by atoms with Crippen molar-refractivity contribution in [3.63, 3.8) is 0 Å². The van der Waals surface area contributed by atoms with Gasteiger partial charge >= 0.3 is 0 Å². The summed E-state index contributed by atoms with van der Waals surface area (Å²) >= 11 is 0. The molecule has 18 heavy (non-hydrogen) atoms. The molecule has 1 saturated carbocycles. The molecule has 0 spiro atoms. The smallest absolute Gasteiger partial charge is 0.223 e. The number of nitrogens with two attached hydrogens (primary N) is 1. The van der Waals surface area contributed by atoms with Gasteiger partial charge in [0.15, 0.2) is 0 Å². The Hall–Kier alpha value is -0.320. The van der Waals surface area contributed by atoms with Gasteiger partial charge < -0.3 is 15.4 Å². The summed E-state index contributed by atoms with van der Waals surface area (Å²) in [5.41, 5.74) is 6.02. The van der Waals surface area contributed by atoms with Crippen molar-refractivity contribution in [3.05, 3.63) is 0 Å². The van der Waals surface area contributed by atoms with E-state index in [0.29, 0.717) is 18.9 Å². The Balaban J connectivity index is 0.00000162. The maximum atomic E-state index is 12.3. The number of morpholine rings is 1. The van der Waals surface area contributed by atoms with Gasteiger partial charge in [-0.15, -0.1) is 12.4 Å². The van der Waals surface area contributed by atoms with Crippen molar-refractivity contribution in [1.29, 1.82) is 0 Å². The lowest BCUT2D eigenvalue weighted by atomic mass is 9.99. The zero-order chi connectivity index (χ0) is 12.4. The monoisotopic (exact) mass is 276 g/mol.